The van der Waals surface area contributed by atoms with Crippen molar-refractivity contribution in [3.63, 3.8) is 0 Å². The molecule has 10 nitrogen and oxygen atoms in total. The van der Waals surface area contributed by atoms with E-state index in [4.69, 9.17) is 11.6 Å². The van der Waals surface area contributed by atoms with Gasteiger partial charge in [-0.25, -0.2) is 19.1 Å². The van der Waals surface area contributed by atoms with Crippen molar-refractivity contribution in [3.8, 4) is 17.1 Å². The molecule has 5 rings (SSSR count). The summed E-state index contributed by atoms with van der Waals surface area (Å²) in [6.45, 7) is -1.32. The predicted molar refractivity (Wildman–Crippen MR) is 148 cm³/mol. The molecule has 1 amide bonds. The average molecular weight is 604 g/mol. The summed E-state index contributed by atoms with van der Waals surface area (Å²) < 4.78 is 42.5. The first-order chi connectivity index (χ1) is 20.1. The summed E-state index contributed by atoms with van der Waals surface area (Å²) in [6.07, 6.45) is 0.00861. The van der Waals surface area contributed by atoms with E-state index in [0.29, 0.717) is 21.8 Å². The molecule has 0 saturated heterocycles. The van der Waals surface area contributed by atoms with Crippen molar-refractivity contribution in [3.05, 3.63) is 81.8 Å². The van der Waals surface area contributed by atoms with Crippen LogP contribution < -0.4 is 11.0 Å². The molecule has 0 unspecified atom stereocenters. The van der Waals surface area contributed by atoms with Gasteiger partial charge in [0.15, 0.2) is 17.8 Å². The van der Waals surface area contributed by atoms with Crippen molar-refractivity contribution in [2.75, 3.05) is 0 Å². The molecule has 14 heteroatoms. The van der Waals surface area contributed by atoms with Crippen molar-refractivity contribution in [1.82, 2.24) is 34.4 Å². The standard InChI is InChI=1S/C28H29ClF3N7O3/c29-19-13-11-18(12-14-19)25-36-38(27(42)37(25)15-23(40)28(30,31)32)16-24-33-17-39(35-24)22-10-6-5-9-21(22)26(41)34-20-7-3-1-2-4-8-20/h5-6,9-14,17,20,23,40H,1-4,7-8,15-16H2,(H,34,41)/t23-/m0/s1. The van der Waals surface area contributed by atoms with Gasteiger partial charge in [-0.2, -0.15) is 13.2 Å². The molecule has 1 aliphatic rings. The minimum absolute atomic E-state index is 0.0834. The van der Waals surface area contributed by atoms with Crippen LogP contribution in [0, 0.1) is 0 Å². The lowest BCUT2D eigenvalue weighted by molar-refractivity contribution is -0.207. The third kappa shape index (κ3) is 6.73. The largest absolute Gasteiger partial charge is 0.416 e. The molecule has 222 valence electrons. The summed E-state index contributed by atoms with van der Waals surface area (Å²) in [4.78, 5) is 30.6. The van der Waals surface area contributed by atoms with Gasteiger partial charge in [-0.3, -0.25) is 9.36 Å². The number of aromatic nitrogens is 6. The first-order valence-electron chi connectivity index (χ1n) is 13.6. The second-order valence-electron chi connectivity index (χ2n) is 10.2. The highest BCUT2D eigenvalue weighted by Gasteiger charge is 2.39. The van der Waals surface area contributed by atoms with E-state index in [9.17, 15) is 27.9 Å². The van der Waals surface area contributed by atoms with Crippen LogP contribution in [0.5, 0.6) is 0 Å². The number of nitrogens with zero attached hydrogens (tertiary/aromatic N) is 6. The number of benzene rings is 2. The number of amides is 1. The Hall–Kier alpha value is -3.97. The van der Waals surface area contributed by atoms with Gasteiger partial charge in [-0.1, -0.05) is 49.4 Å². The van der Waals surface area contributed by atoms with Crippen LogP contribution in [0.4, 0.5) is 13.2 Å². The first kappa shape index (κ1) is 29.5. The Morgan fingerprint density at radius 3 is 2.43 bits per heavy atom. The first-order valence-corrected chi connectivity index (χ1v) is 14.0. The maximum Gasteiger partial charge on any atom is 0.416 e. The number of halogens is 4. The maximum atomic E-state index is 13.2. The minimum Gasteiger partial charge on any atom is -0.382 e. The van der Waals surface area contributed by atoms with Crippen molar-refractivity contribution < 1.29 is 23.1 Å². The summed E-state index contributed by atoms with van der Waals surface area (Å²) >= 11 is 5.94. The number of para-hydroxylation sites is 1. The maximum absolute atomic E-state index is 13.2. The Morgan fingerprint density at radius 1 is 1.05 bits per heavy atom. The number of rotatable bonds is 8. The van der Waals surface area contributed by atoms with E-state index in [-0.39, 0.29) is 30.1 Å². The lowest BCUT2D eigenvalue weighted by atomic mass is 10.1. The van der Waals surface area contributed by atoms with Crippen molar-refractivity contribution in [2.45, 2.75) is 69.9 Å². The Kier molecular flexibility index (Phi) is 8.78. The van der Waals surface area contributed by atoms with Crippen LogP contribution in [0.15, 0.2) is 59.7 Å². The van der Waals surface area contributed by atoms with Crippen molar-refractivity contribution in [1.29, 1.82) is 0 Å². The number of carbonyl (C=O) groups is 1. The third-order valence-electron chi connectivity index (χ3n) is 7.17. The van der Waals surface area contributed by atoms with E-state index in [1.807, 2.05) is 0 Å². The molecule has 1 fully saturated rings. The minimum atomic E-state index is -4.94. The fourth-order valence-corrected chi connectivity index (χ4v) is 5.10. The Balaban J connectivity index is 1.41. The Bertz CT molecular complexity index is 1590. The molecule has 0 radical (unpaired) electrons. The van der Waals surface area contributed by atoms with Crippen LogP contribution in [0.2, 0.25) is 5.02 Å². The highest BCUT2D eigenvalue weighted by molar-refractivity contribution is 6.30. The normalized spacial score (nSPS) is 15.4. The second kappa shape index (κ2) is 12.5. The zero-order chi connectivity index (χ0) is 29.9. The number of aliphatic hydroxyl groups is 1. The van der Waals surface area contributed by atoms with Gasteiger partial charge >= 0.3 is 11.9 Å². The number of hydrogen-bond donors (Lipinski definition) is 2. The molecule has 2 aromatic carbocycles. The molecule has 0 aliphatic heterocycles. The van der Waals surface area contributed by atoms with Gasteiger partial charge in [0.05, 0.1) is 17.8 Å². The number of carbonyl (C=O) groups excluding carboxylic acids is 1. The highest BCUT2D eigenvalue weighted by Crippen LogP contribution is 2.24. The Morgan fingerprint density at radius 2 is 1.74 bits per heavy atom. The zero-order valence-corrected chi connectivity index (χ0v) is 23.2. The van der Waals surface area contributed by atoms with E-state index in [0.717, 1.165) is 47.8 Å². The summed E-state index contributed by atoms with van der Waals surface area (Å²) in [5.41, 5.74) is 0.334. The van der Waals surface area contributed by atoms with E-state index < -0.39 is 24.5 Å². The van der Waals surface area contributed by atoms with Crippen LogP contribution in [-0.4, -0.2) is 58.4 Å². The average Bonchev–Trinajstić information content (AvgIpc) is 3.44. The number of aliphatic hydroxyl groups excluding tert-OH is 1. The van der Waals surface area contributed by atoms with Crippen LogP contribution in [-0.2, 0) is 13.1 Å². The van der Waals surface area contributed by atoms with Crippen molar-refractivity contribution in [2.24, 2.45) is 0 Å². The van der Waals surface area contributed by atoms with Gasteiger partial charge in [0.1, 0.15) is 12.9 Å². The monoisotopic (exact) mass is 603 g/mol. The van der Waals surface area contributed by atoms with Gasteiger partial charge in [0, 0.05) is 16.6 Å². The molecule has 2 N–H and O–H groups in total. The number of nitrogens with one attached hydrogen (secondary N) is 1. The van der Waals surface area contributed by atoms with E-state index in [1.165, 1.54) is 35.3 Å². The van der Waals surface area contributed by atoms with Crippen LogP contribution in [0.1, 0.15) is 54.7 Å². The Labute approximate surface area is 243 Å². The van der Waals surface area contributed by atoms with Crippen LogP contribution in [0.25, 0.3) is 17.1 Å². The lowest BCUT2D eigenvalue weighted by Crippen LogP contribution is -2.37. The van der Waals surface area contributed by atoms with Crippen LogP contribution in [0.3, 0.4) is 0 Å². The zero-order valence-electron chi connectivity index (χ0n) is 22.5. The summed E-state index contributed by atoms with van der Waals surface area (Å²) in [5, 5.41) is 21.9. The van der Waals surface area contributed by atoms with E-state index >= 15 is 0 Å². The summed E-state index contributed by atoms with van der Waals surface area (Å²) in [5.74, 6) is -0.167. The second-order valence-corrected chi connectivity index (χ2v) is 10.7. The molecule has 1 atom stereocenters. The van der Waals surface area contributed by atoms with E-state index in [2.05, 4.69) is 20.5 Å². The molecule has 4 aromatic rings. The molecular weight excluding hydrogens is 575 g/mol. The molecule has 0 spiro atoms. The summed E-state index contributed by atoms with van der Waals surface area (Å²) in [6, 6.07) is 13.1. The molecule has 1 saturated carbocycles. The SMILES string of the molecule is O=C(NC1CCCCCC1)c1ccccc1-n1cnc(Cn2nc(-c3ccc(Cl)cc3)n(C[C@H](O)C(F)(F)F)c2=O)n1. The number of alkyl halides is 3. The van der Waals surface area contributed by atoms with Gasteiger partial charge in [-0.05, 0) is 49.2 Å². The highest BCUT2D eigenvalue weighted by atomic mass is 35.5. The molecule has 0 bridgehead atoms. The topological polar surface area (TPSA) is 120 Å². The van der Waals surface area contributed by atoms with E-state index in [1.54, 1.807) is 24.3 Å². The summed E-state index contributed by atoms with van der Waals surface area (Å²) in [7, 11) is 0. The van der Waals surface area contributed by atoms with Gasteiger partial charge in [0.25, 0.3) is 5.91 Å². The van der Waals surface area contributed by atoms with Gasteiger partial charge < -0.3 is 10.4 Å². The van der Waals surface area contributed by atoms with Crippen molar-refractivity contribution >= 4 is 17.5 Å². The molecule has 2 heterocycles. The molecule has 42 heavy (non-hydrogen) atoms. The van der Waals surface area contributed by atoms with Gasteiger partial charge in [0.2, 0.25) is 0 Å². The third-order valence-corrected chi connectivity index (χ3v) is 7.43. The lowest BCUT2D eigenvalue weighted by Gasteiger charge is -2.17. The quantitative estimate of drug-likeness (QED) is 0.289. The molecule has 2 aromatic heterocycles. The fourth-order valence-electron chi connectivity index (χ4n) is 4.97. The number of hydrogen-bond acceptors (Lipinski definition) is 6. The smallest absolute Gasteiger partial charge is 0.382 e. The fraction of sp³-hybridized carbons (Fsp3) is 0.393. The van der Waals surface area contributed by atoms with Gasteiger partial charge in [-0.15, -0.1) is 10.2 Å². The molecular formula is C28H29ClF3N7O3. The predicted octanol–water partition coefficient (Wildman–Crippen LogP) is 4.37. The van der Waals surface area contributed by atoms with Crippen LogP contribution >= 0.6 is 11.6 Å². The molecule has 1 aliphatic carbocycles.